The number of hydrogen-bond donors (Lipinski definition) is 2. The molecule has 0 spiro atoms. The molecule has 0 saturated heterocycles. The first-order valence-corrected chi connectivity index (χ1v) is 6.83. The molecule has 1 saturated carbocycles. The zero-order chi connectivity index (χ0) is 13.7. The first-order chi connectivity index (χ1) is 9.16. The van der Waals surface area contributed by atoms with Crippen molar-refractivity contribution in [2.75, 3.05) is 19.3 Å². The number of hydrogen-bond acceptors (Lipinski definition) is 4. The summed E-state index contributed by atoms with van der Waals surface area (Å²) < 4.78 is 0. The third kappa shape index (κ3) is 3.92. The summed E-state index contributed by atoms with van der Waals surface area (Å²) in [5.74, 6) is 0.518. The number of anilines is 1. The number of carbonyl (C=O) groups is 1. The molecule has 1 aliphatic carbocycles. The predicted octanol–water partition coefficient (Wildman–Crippen LogP) is 1.15. The van der Waals surface area contributed by atoms with E-state index < -0.39 is 0 Å². The number of aromatic nitrogens is 1. The minimum absolute atomic E-state index is 0.0395. The van der Waals surface area contributed by atoms with Crippen molar-refractivity contribution in [1.82, 2.24) is 15.2 Å². The SMILES string of the molecule is CN(CC(=O)NCc1cccnc1N)C1CCCC1. The van der Waals surface area contributed by atoms with Gasteiger partial charge in [0.15, 0.2) is 0 Å². The topological polar surface area (TPSA) is 71.2 Å². The number of likely N-dealkylation sites (N-methyl/N-ethyl adjacent to an activating group) is 1. The van der Waals surface area contributed by atoms with Gasteiger partial charge in [0.1, 0.15) is 5.82 Å². The molecule has 1 heterocycles. The number of carbonyl (C=O) groups excluding carboxylic acids is 1. The van der Waals surface area contributed by atoms with Crippen molar-refractivity contribution in [3.05, 3.63) is 23.9 Å². The lowest BCUT2D eigenvalue weighted by Crippen LogP contribution is -2.39. The van der Waals surface area contributed by atoms with Crippen LogP contribution in [0.3, 0.4) is 0 Å². The number of nitrogens with zero attached hydrogens (tertiary/aromatic N) is 2. The summed E-state index contributed by atoms with van der Waals surface area (Å²) >= 11 is 0. The van der Waals surface area contributed by atoms with Gasteiger partial charge in [0.05, 0.1) is 6.54 Å². The van der Waals surface area contributed by atoms with E-state index in [9.17, 15) is 4.79 Å². The Kier molecular flexibility index (Phi) is 4.74. The molecule has 104 valence electrons. The molecule has 0 unspecified atom stereocenters. The smallest absolute Gasteiger partial charge is 0.234 e. The summed E-state index contributed by atoms with van der Waals surface area (Å²) in [4.78, 5) is 18.0. The lowest BCUT2D eigenvalue weighted by Gasteiger charge is -2.23. The Labute approximate surface area is 114 Å². The van der Waals surface area contributed by atoms with E-state index in [4.69, 9.17) is 5.73 Å². The molecular weight excluding hydrogens is 240 g/mol. The summed E-state index contributed by atoms with van der Waals surface area (Å²) in [5.41, 5.74) is 6.60. The average Bonchev–Trinajstić information content (AvgIpc) is 2.91. The molecule has 3 N–H and O–H groups in total. The van der Waals surface area contributed by atoms with Crippen LogP contribution >= 0.6 is 0 Å². The first-order valence-electron chi connectivity index (χ1n) is 6.83. The molecule has 1 aromatic heterocycles. The summed E-state index contributed by atoms with van der Waals surface area (Å²) in [7, 11) is 2.02. The molecule has 2 rings (SSSR count). The van der Waals surface area contributed by atoms with Crippen LogP contribution in [0.25, 0.3) is 0 Å². The Hall–Kier alpha value is -1.62. The molecule has 0 bridgehead atoms. The Morgan fingerprint density at radius 1 is 1.53 bits per heavy atom. The molecule has 5 nitrogen and oxygen atoms in total. The molecule has 0 aromatic carbocycles. The van der Waals surface area contributed by atoms with Crippen LogP contribution in [0.5, 0.6) is 0 Å². The van der Waals surface area contributed by atoms with E-state index in [2.05, 4.69) is 15.2 Å². The van der Waals surface area contributed by atoms with E-state index in [0.29, 0.717) is 24.9 Å². The van der Waals surface area contributed by atoms with Gasteiger partial charge in [-0.05, 0) is 26.0 Å². The lowest BCUT2D eigenvalue weighted by atomic mass is 10.2. The fraction of sp³-hybridized carbons (Fsp3) is 0.571. The third-order valence-electron chi connectivity index (χ3n) is 3.74. The van der Waals surface area contributed by atoms with Gasteiger partial charge in [0.25, 0.3) is 0 Å². The number of rotatable bonds is 5. The predicted molar refractivity (Wildman–Crippen MR) is 75.4 cm³/mol. The van der Waals surface area contributed by atoms with Gasteiger partial charge in [-0.3, -0.25) is 9.69 Å². The molecule has 1 fully saturated rings. The Morgan fingerprint density at radius 2 is 2.26 bits per heavy atom. The number of nitrogen functional groups attached to an aromatic ring is 1. The number of nitrogens with one attached hydrogen (secondary N) is 1. The van der Waals surface area contributed by atoms with E-state index in [0.717, 1.165) is 5.56 Å². The van der Waals surface area contributed by atoms with Crippen molar-refractivity contribution in [2.24, 2.45) is 0 Å². The van der Waals surface area contributed by atoms with E-state index in [-0.39, 0.29) is 5.91 Å². The first kappa shape index (κ1) is 13.8. The van der Waals surface area contributed by atoms with Crippen molar-refractivity contribution in [1.29, 1.82) is 0 Å². The van der Waals surface area contributed by atoms with Gasteiger partial charge < -0.3 is 11.1 Å². The highest BCUT2D eigenvalue weighted by atomic mass is 16.2. The molecule has 1 aliphatic rings. The van der Waals surface area contributed by atoms with Gasteiger partial charge in [-0.2, -0.15) is 0 Å². The van der Waals surface area contributed by atoms with Crippen LogP contribution in [0.15, 0.2) is 18.3 Å². The zero-order valence-corrected chi connectivity index (χ0v) is 11.4. The fourth-order valence-corrected chi connectivity index (χ4v) is 2.55. The van der Waals surface area contributed by atoms with Gasteiger partial charge in [0.2, 0.25) is 5.91 Å². The summed E-state index contributed by atoms with van der Waals surface area (Å²) in [6, 6.07) is 4.26. The van der Waals surface area contributed by atoms with Crippen molar-refractivity contribution in [3.63, 3.8) is 0 Å². The molecule has 0 aliphatic heterocycles. The van der Waals surface area contributed by atoms with Crippen LogP contribution in [0.4, 0.5) is 5.82 Å². The highest BCUT2D eigenvalue weighted by Gasteiger charge is 2.20. The third-order valence-corrected chi connectivity index (χ3v) is 3.74. The normalized spacial score (nSPS) is 15.9. The van der Waals surface area contributed by atoms with Gasteiger partial charge >= 0.3 is 0 Å². The Morgan fingerprint density at radius 3 is 2.95 bits per heavy atom. The molecule has 0 atom stereocenters. The molecule has 1 aromatic rings. The van der Waals surface area contributed by atoms with Crippen molar-refractivity contribution in [3.8, 4) is 0 Å². The highest BCUT2D eigenvalue weighted by molar-refractivity contribution is 5.78. The molecule has 19 heavy (non-hydrogen) atoms. The van der Waals surface area contributed by atoms with E-state index in [1.165, 1.54) is 25.7 Å². The molecule has 5 heteroatoms. The zero-order valence-electron chi connectivity index (χ0n) is 11.4. The fourth-order valence-electron chi connectivity index (χ4n) is 2.55. The van der Waals surface area contributed by atoms with Crippen LogP contribution < -0.4 is 11.1 Å². The van der Waals surface area contributed by atoms with E-state index in [1.54, 1.807) is 6.20 Å². The van der Waals surface area contributed by atoms with Gasteiger partial charge in [-0.15, -0.1) is 0 Å². The summed E-state index contributed by atoms with van der Waals surface area (Å²) in [6.07, 6.45) is 6.62. The maximum Gasteiger partial charge on any atom is 0.234 e. The van der Waals surface area contributed by atoms with Crippen molar-refractivity contribution in [2.45, 2.75) is 38.3 Å². The quantitative estimate of drug-likeness (QED) is 0.835. The maximum absolute atomic E-state index is 11.9. The van der Waals surface area contributed by atoms with Crippen molar-refractivity contribution < 1.29 is 4.79 Å². The van der Waals surface area contributed by atoms with Gasteiger partial charge in [-0.1, -0.05) is 18.9 Å². The minimum Gasteiger partial charge on any atom is -0.383 e. The van der Waals surface area contributed by atoms with Crippen LogP contribution in [0, 0.1) is 0 Å². The van der Waals surface area contributed by atoms with Crippen LogP contribution in [-0.2, 0) is 11.3 Å². The second kappa shape index (κ2) is 6.52. The maximum atomic E-state index is 11.9. The number of nitrogens with two attached hydrogens (primary N) is 1. The van der Waals surface area contributed by atoms with Crippen LogP contribution in [0.2, 0.25) is 0 Å². The number of pyridine rings is 1. The largest absolute Gasteiger partial charge is 0.383 e. The summed E-state index contributed by atoms with van der Waals surface area (Å²) in [5, 5.41) is 2.89. The van der Waals surface area contributed by atoms with Crippen LogP contribution in [0.1, 0.15) is 31.2 Å². The van der Waals surface area contributed by atoms with Crippen molar-refractivity contribution >= 4 is 11.7 Å². The average molecular weight is 262 g/mol. The van der Waals surface area contributed by atoms with E-state index >= 15 is 0 Å². The second-order valence-corrected chi connectivity index (χ2v) is 5.18. The van der Waals surface area contributed by atoms with Gasteiger partial charge in [0, 0.05) is 24.3 Å². The molecule has 1 amide bonds. The highest BCUT2D eigenvalue weighted by Crippen LogP contribution is 2.21. The Bertz CT molecular complexity index is 429. The standard InChI is InChI=1S/C14H22N4O/c1-18(12-6-2-3-7-12)10-13(19)17-9-11-5-4-8-16-14(11)15/h4-5,8,12H,2-3,6-7,9-10H2,1H3,(H2,15,16)(H,17,19). The Balaban J connectivity index is 1.77. The summed E-state index contributed by atoms with van der Waals surface area (Å²) in [6.45, 7) is 0.891. The van der Waals surface area contributed by atoms with Crippen LogP contribution in [-0.4, -0.2) is 35.4 Å². The van der Waals surface area contributed by atoms with E-state index in [1.807, 2.05) is 19.2 Å². The lowest BCUT2D eigenvalue weighted by molar-refractivity contribution is -0.122. The molecular formula is C14H22N4O. The van der Waals surface area contributed by atoms with Gasteiger partial charge in [-0.25, -0.2) is 4.98 Å². The monoisotopic (exact) mass is 262 g/mol. The second-order valence-electron chi connectivity index (χ2n) is 5.18. The molecule has 0 radical (unpaired) electrons. The minimum atomic E-state index is 0.0395. The number of amides is 1.